The number of nitrogens with one attached hydrogen (secondary N) is 1. The molecule has 2 aromatic carbocycles. The van der Waals surface area contributed by atoms with Gasteiger partial charge in [0.25, 0.3) is 0 Å². The van der Waals surface area contributed by atoms with E-state index in [2.05, 4.69) is 5.32 Å². The topological polar surface area (TPSA) is 71.3 Å². The Bertz CT molecular complexity index is 845. The van der Waals surface area contributed by atoms with E-state index in [4.69, 9.17) is 14.7 Å². The molecule has 0 unspecified atom stereocenters. The molecule has 0 spiro atoms. The van der Waals surface area contributed by atoms with E-state index in [1.807, 2.05) is 6.07 Å². The zero-order valence-electron chi connectivity index (χ0n) is 13.3. The number of halogens is 2. The normalized spacial score (nSPS) is 10.3. The maximum atomic E-state index is 13.5. The predicted octanol–water partition coefficient (Wildman–Crippen LogP) is 3.53. The van der Waals surface area contributed by atoms with Gasteiger partial charge >= 0.3 is 0 Å². The molecule has 0 saturated carbocycles. The molecular formula is C18H14F2N2O3. The molecule has 7 heteroatoms. The average Bonchev–Trinajstić information content (AvgIpc) is 2.60. The Kier molecular flexibility index (Phi) is 6.07. The van der Waals surface area contributed by atoms with Crippen molar-refractivity contribution >= 4 is 17.7 Å². The Morgan fingerprint density at radius 3 is 2.72 bits per heavy atom. The first-order chi connectivity index (χ1) is 12.0. The number of carbonyl (C=O) groups excluding carboxylic acids is 1. The van der Waals surface area contributed by atoms with Crippen molar-refractivity contribution in [2.75, 3.05) is 19.0 Å². The minimum atomic E-state index is -0.859. The molecule has 0 fully saturated rings. The van der Waals surface area contributed by atoms with Crippen molar-refractivity contribution in [3.63, 3.8) is 0 Å². The number of hydrogen-bond donors (Lipinski definition) is 1. The summed E-state index contributed by atoms with van der Waals surface area (Å²) >= 11 is 0. The number of amides is 1. The van der Waals surface area contributed by atoms with Gasteiger partial charge in [-0.15, -0.1) is 0 Å². The van der Waals surface area contributed by atoms with E-state index in [1.54, 1.807) is 18.2 Å². The fourth-order valence-corrected chi connectivity index (χ4v) is 1.95. The van der Waals surface area contributed by atoms with Crippen LogP contribution in [-0.2, 0) is 4.79 Å². The van der Waals surface area contributed by atoms with E-state index < -0.39 is 17.5 Å². The molecule has 1 amide bonds. The second-order valence-corrected chi connectivity index (χ2v) is 4.80. The summed E-state index contributed by atoms with van der Waals surface area (Å²) in [6.07, 6.45) is 2.70. The molecule has 1 N–H and O–H groups in total. The lowest BCUT2D eigenvalue weighted by atomic mass is 10.2. The lowest BCUT2D eigenvalue weighted by molar-refractivity contribution is -0.111. The van der Waals surface area contributed by atoms with Crippen LogP contribution in [0.1, 0.15) is 5.56 Å². The second-order valence-electron chi connectivity index (χ2n) is 4.80. The third kappa shape index (κ3) is 5.04. The van der Waals surface area contributed by atoms with Crippen LogP contribution in [0.15, 0.2) is 42.5 Å². The Hall–Kier alpha value is -3.40. The number of nitrogens with zero attached hydrogens (tertiary/aromatic N) is 1. The minimum absolute atomic E-state index is 0.114. The fourth-order valence-electron chi connectivity index (χ4n) is 1.95. The van der Waals surface area contributed by atoms with Gasteiger partial charge in [-0.3, -0.25) is 4.79 Å². The van der Waals surface area contributed by atoms with E-state index in [0.29, 0.717) is 23.1 Å². The van der Waals surface area contributed by atoms with Crippen molar-refractivity contribution in [1.29, 1.82) is 5.26 Å². The van der Waals surface area contributed by atoms with E-state index in [-0.39, 0.29) is 12.3 Å². The molecule has 0 radical (unpaired) electrons. The van der Waals surface area contributed by atoms with E-state index in [9.17, 15) is 13.6 Å². The smallest absolute Gasteiger partial charge is 0.248 e. The van der Waals surface area contributed by atoms with E-state index >= 15 is 0 Å². The number of rotatable bonds is 6. The molecule has 0 aromatic heterocycles. The Morgan fingerprint density at radius 2 is 2.04 bits per heavy atom. The average molecular weight is 344 g/mol. The SMILES string of the molecule is COc1cc(C=CC(=O)Nc2ccc(F)cc2F)ccc1OCC#N. The van der Waals surface area contributed by atoms with Gasteiger partial charge in [-0.2, -0.15) is 5.26 Å². The summed E-state index contributed by atoms with van der Waals surface area (Å²) in [6.45, 7) is -0.114. The summed E-state index contributed by atoms with van der Waals surface area (Å²) in [4.78, 5) is 11.8. The number of anilines is 1. The Balaban J connectivity index is 2.07. The van der Waals surface area contributed by atoms with Crippen LogP contribution in [0.4, 0.5) is 14.5 Å². The molecule has 0 heterocycles. The van der Waals surface area contributed by atoms with Gasteiger partial charge in [0.05, 0.1) is 12.8 Å². The molecule has 0 aliphatic carbocycles. The van der Waals surface area contributed by atoms with Crippen molar-refractivity contribution in [1.82, 2.24) is 0 Å². The van der Waals surface area contributed by atoms with Gasteiger partial charge in [-0.25, -0.2) is 8.78 Å². The molecule has 0 aliphatic rings. The standard InChI is InChI=1S/C18H14F2N2O3/c1-24-17-10-12(2-6-16(17)25-9-8-21)3-7-18(23)22-15-5-4-13(19)11-14(15)20/h2-7,10-11H,9H2,1H3,(H,22,23). The first-order valence-electron chi connectivity index (χ1n) is 7.15. The predicted molar refractivity (Wildman–Crippen MR) is 88.1 cm³/mol. The van der Waals surface area contributed by atoms with Crippen molar-refractivity contribution in [2.45, 2.75) is 0 Å². The number of methoxy groups -OCH3 is 1. The summed E-state index contributed by atoms with van der Waals surface area (Å²) in [6, 6.07) is 9.62. The van der Waals surface area contributed by atoms with Gasteiger partial charge in [-0.1, -0.05) is 6.07 Å². The summed E-state index contributed by atoms with van der Waals surface area (Å²) in [7, 11) is 1.45. The van der Waals surface area contributed by atoms with Crippen molar-refractivity contribution in [2.24, 2.45) is 0 Å². The highest BCUT2D eigenvalue weighted by molar-refractivity contribution is 6.02. The number of nitriles is 1. The van der Waals surface area contributed by atoms with Crippen molar-refractivity contribution in [3.8, 4) is 17.6 Å². The molecule has 2 aromatic rings. The lowest BCUT2D eigenvalue weighted by Gasteiger charge is -2.08. The fraction of sp³-hybridized carbons (Fsp3) is 0.111. The zero-order valence-corrected chi connectivity index (χ0v) is 13.3. The molecule has 0 aliphatic heterocycles. The maximum Gasteiger partial charge on any atom is 0.248 e. The summed E-state index contributed by atoms with van der Waals surface area (Å²) in [5.41, 5.74) is 0.518. The number of ether oxygens (including phenoxy) is 2. The summed E-state index contributed by atoms with van der Waals surface area (Å²) in [5.74, 6) is -1.35. The molecule has 0 bridgehead atoms. The zero-order chi connectivity index (χ0) is 18.2. The second kappa shape index (κ2) is 8.45. The molecule has 2 rings (SSSR count). The van der Waals surface area contributed by atoms with Crippen LogP contribution in [0, 0.1) is 23.0 Å². The highest BCUT2D eigenvalue weighted by atomic mass is 19.1. The van der Waals surface area contributed by atoms with E-state index in [1.165, 1.54) is 19.3 Å². The van der Waals surface area contributed by atoms with Crippen LogP contribution in [-0.4, -0.2) is 19.6 Å². The first kappa shape index (κ1) is 17.9. The van der Waals surface area contributed by atoms with Gasteiger partial charge in [0.1, 0.15) is 17.7 Å². The van der Waals surface area contributed by atoms with E-state index in [0.717, 1.165) is 12.1 Å². The summed E-state index contributed by atoms with van der Waals surface area (Å²) < 4.78 is 36.7. The number of carbonyl (C=O) groups is 1. The van der Waals surface area contributed by atoms with Crippen LogP contribution < -0.4 is 14.8 Å². The highest BCUT2D eigenvalue weighted by Crippen LogP contribution is 2.28. The van der Waals surface area contributed by atoms with Crippen LogP contribution in [0.25, 0.3) is 6.08 Å². The molecule has 5 nitrogen and oxygen atoms in total. The van der Waals surface area contributed by atoms with Gasteiger partial charge in [-0.05, 0) is 35.9 Å². The minimum Gasteiger partial charge on any atom is -0.493 e. The summed E-state index contributed by atoms with van der Waals surface area (Å²) in [5, 5.41) is 10.8. The van der Waals surface area contributed by atoms with Crippen LogP contribution in [0.2, 0.25) is 0 Å². The van der Waals surface area contributed by atoms with Crippen LogP contribution >= 0.6 is 0 Å². The van der Waals surface area contributed by atoms with Gasteiger partial charge < -0.3 is 14.8 Å². The maximum absolute atomic E-state index is 13.5. The number of benzene rings is 2. The third-order valence-electron chi connectivity index (χ3n) is 3.10. The molecule has 25 heavy (non-hydrogen) atoms. The van der Waals surface area contributed by atoms with Gasteiger partial charge in [0, 0.05) is 12.1 Å². The van der Waals surface area contributed by atoms with Crippen LogP contribution in [0.3, 0.4) is 0 Å². The largest absolute Gasteiger partial charge is 0.493 e. The van der Waals surface area contributed by atoms with Gasteiger partial charge in [0.2, 0.25) is 5.91 Å². The lowest BCUT2D eigenvalue weighted by Crippen LogP contribution is -2.09. The van der Waals surface area contributed by atoms with Crippen molar-refractivity contribution in [3.05, 3.63) is 59.7 Å². The van der Waals surface area contributed by atoms with Crippen LogP contribution in [0.5, 0.6) is 11.5 Å². The Labute approximate surface area is 143 Å². The molecule has 0 saturated heterocycles. The monoisotopic (exact) mass is 344 g/mol. The molecular weight excluding hydrogens is 330 g/mol. The van der Waals surface area contributed by atoms with Gasteiger partial charge in [0.15, 0.2) is 18.1 Å². The molecule has 128 valence electrons. The molecule has 0 atom stereocenters. The third-order valence-corrected chi connectivity index (χ3v) is 3.10. The Morgan fingerprint density at radius 1 is 1.24 bits per heavy atom. The van der Waals surface area contributed by atoms with Crippen molar-refractivity contribution < 1.29 is 23.0 Å². The first-order valence-corrected chi connectivity index (χ1v) is 7.15. The quantitative estimate of drug-likeness (QED) is 0.814. The highest BCUT2D eigenvalue weighted by Gasteiger charge is 2.07. The number of hydrogen-bond acceptors (Lipinski definition) is 4.